The first-order valence-electron chi connectivity index (χ1n) is 10.7. The molecule has 0 spiro atoms. The number of ether oxygens (including phenoxy) is 2. The topological polar surface area (TPSA) is 69.9 Å². The molecule has 2 heterocycles. The molecule has 6 nitrogen and oxygen atoms in total. The molecule has 3 aromatic rings. The third kappa shape index (κ3) is 4.69. The Labute approximate surface area is 210 Å². The van der Waals surface area contributed by atoms with Crippen LogP contribution in [0.2, 0.25) is 10.0 Å². The minimum atomic E-state index is -0.682. The third-order valence-electron chi connectivity index (χ3n) is 5.26. The summed E-state index contributed by atoms with van der Waals surface area (Å²) in [7, 11) is 0. The van der Waals surface area contributed by atoms with Gasteiger partial charge in [-0.15, -0.1) is 0 Å². The standard InChI is InChI=1S/C25H22Cl2N2O4S/c1-4-32-19-11-6-15(12-18(19)27)13-20-23(30)29-22(16-7-9-17(26)10-8-16)21(24(31)33-5-2)14(3)28-25(29)34-20/h6-13,22H,4-5H2,1-3H3/b20-13-/t22-/m1/s1. The second-order valence-electron chi connectivity index (χ2n) is 7.48. The van der Waals surface area contributed by atoms with Gasteiger partial charge < -0.3 is 9.47 Å². The zero-order valence-electron chi connectivity index (χ0n) is 18.8. The number of hydrogen-bond donors (Lipinski definition) is 0. The number of hydrogen-bond acceptors (Lipinski definition) is 6. The molecule has 0 unspecified atom stereocenters. The molecule has 1 aliphatic rings. The van der Waals surface area contributed by atoms with E-state index in [2.05, 4.69) is 4.99 Å². The van der Waals surface area contributed by atoms with Crippen LogP contribution in [0.4, 0.5) is 0 Å². The number of carbonyl (C=O) groups is 1. The molecule has 0 amide bonds. The lowest BCUT2D eigenvalue weighted by atomic mass is 9.96. The lowest BCUT2D eigenvalue weighted by molar-refractivity contribution is -0.139. The highest BCUT2D eigenvalue weighted by Gasteiger charge is 2.33. The van der Waals surface area contributed by atoms with Gasteiger partial charge in [-0.25, -0.2) is 9.79 Å². The number of benzene rings is 2. The minimum absolute atomic E-state index is 0.214. The number of carbonyl (C=O) groups excluding carboxylic acids is 1. The van der Waals surface area contributed by atoms with E-state index in [9.17, 15) is 9.59 Å². The van der Waals surface area contributed by atoms with Gasteiger partial charge in [-0.3, -0.25) is 9.36 Å². The third-order valence-corrected chi connectivity index (χ3v) is 6.79. The summed E-state index contributed by atoms with van der Waals surface area (Å²) < 4.78 is 12.8. The van der Waals surface area contributed by atoms with E-state index in [1.54, 1.807) is 56.3 Å². The van der Waals surface area contributed by atoms with Gasteiger partial charge in [0.25, 0.3) is 5.56 Å². The molecule has 0 radical (unpaired) electrons. The predicted molar refractivity (Wildman–Crippen MR) is 134 cm³/mol. The van der Waals surface area contributed by atoms with Crippen molar-refractivity contribution in [2.45, 2.75) is 26.8 Å². The number of thiazole rings is 1. The van der Waals surface area contributed by atoms with E-state index in [4.69, 9.17) is 32.7 Å². The molecule has 176 valence electrons. The molecular weight excluding hydrogens is 495 g/mol. The summed E-state index contributed by atoms with van der Waals surface area (Å²) in [5.41, 5.74) is 2.06. The molecule has 0 saturated carbocycles. The molecule has 4 rings (SSSR count). The Bertz CT molecular complexity index is 1460. The first kappa shape index (κ1) is 24.3. The minimum Gasteiger partial charge on any atom is -0.492 e. The monoisotopic (exact) mass is 516 g/mol. The molecule has 0 saturated heterocycles. The molecular formula is C25H22Cl2N2O4S. The summed E-state index contributed by atoms with van der Waals surface area (Å²) in [6.45, 7) is 6.09. The van der Waals surface area contributed by atoms with Gasteiger partial charge in [-0.2, -0.15) is 0 Å². The number of halogens is 2. The summed E-state index contributed by atoms with van der Waals surface area (Å²) >= 11 is 13.7. The van der Waals surface area contributed by atoms with Crippen molar-refractivity contribution >= 4 is 46.6 Å². The van der Waals surface area contributed by atoms with Crippen LogP contribution in [0, 0.1) is 0 Å². The van der Waals surface area contributed by atoms with E-state index >= 15 is 0 Å². The molecule has 0 N–H and O–H groups in total. The summed E-state index contributed by atoms with van der Waals surface area (Å²) in [5, 5.41) is 1.02. The van der Waals surface area contributed by atoms with Crippen molar-refractivity contribution in [3.05, 3.63) is 94.6 Å². The molecule has 0 aliphatic carbocycles. The van der Waals surface area contributed by atoms with E-state index in [1.807, 2.05) is 13.0 Å². The van der Waals surface area contributed by atoms with Crippen molar-refractivity contribution < 1.29 is 14.3 Å². The Hall–Kier alpha value is -2.87. The van der Waals surface area contributed by atoms with E-state index in [0.29, 0.717) is 43.0 Å². The van der Waals surface area contributed by atoms with Gasteiger partial charge in [0, 0.05) is 5.02 Å². The van der Waals surface area contributed by atoms with Crippen LogP contribution in [0.15, 0.2) is 63.5 Å². The van der Waals surface area contributed by atoms with Gasteiger partial charge in [-0.1, -0.05) is 52.7 Å². The van der Waals surface area contributed by atoms with Crippen LogP contribution in [0.25, 0.3) is 6.08 Å². The van der Waals surface area contributed by atoms with Crippen LogP contribution in [0.1, 0.15) is 37.9 Å². The van der Waals surface area contributed by atoms with Gasteiger partial charge in [0.2, 0.25) is 0 Å². The highest BCUT2D eigenvalue weighted by Crippen LogP contribution is 2.31. The summed E-state index contributed by atoms with van der Waals surface area (Å²) in [6, 6.07) is 11.7. The van der Waals surface area contributed by atoms with Crippen molar-refractivity contribution in [2.24, 2.45) is 4.99 Å². The Morgan fingerprint density at radius 3 is 2.53 bits per heavy atom. The van der Waals surface area contributed by atoms with E-state index < -0.39 is 12.0 Å². The second-order valence-corrected chi connectivity index (χ2v) is 9.33. The molecule has 34 heavy (non-hydrogen) atoms. The predicted octanol–water partition coefficient (Wildman–Crippen LogP) is 4.50. The van der Waals surface area contributed by atoms with Crippen LogP contribution < -0.4 is 19.6 Å². The van der Waals surface area contributed by atoms with Gasteiger partial charge >= 0.3 is 5.97 Å². The van der Waals surface area contributed by atoms with Gasteiger partial charge in [-0.05, 0) is 62.2 Å². The molecule has 1 atom stereocenters. The largest absolute Gasteiger partial charge is 0.492 e. The molecule has 9 heteroatoms. The fraction of sp³-hybridized carbons (Fsp3) is 0.240. The van der Waals surface area contributed by atoms with E-state index in [1.165, 1.54) is 15.9 Å². The number of allylic oxidation sites excluding steroid dienone is 1. The molecule has 2 aromatic carbocycles. The fourth-order valence-electron chi connectivity index (χ4n) is 3.78. The average molecular weight is 517 g/mol. The molecule has 1 aromatic heterocycles. The van der Waals surface area contributed by atoms with Crippen molar-refractivity contribution in [3.63, 3.8) is 0 Å². The quantitative estimate of drug-likeness (QED) is 0.452. The summed E-state index contributed by atoms with van der Waals surface area (Å²) in [5.74, 6) is 0.0801. The number of fused-ring (bicyclic) bond motifs is 1. The lowest BCUT2D eigenvalue weighted by Crippen LogP contribution is -2.39. The Morgan fingerprint density at radius 2 is 1.88 bits per heavy atom. The zero-order chi connectivity index (χ0) is 24.4. The van der Waals surface area contributed by atoms with Crippen molar-refractivity contribution in [2.75, 3.05) is 13.2 Å². The molecule has 1 aliphatic heterocycles. The van der Waals surface area contributed by atoms with Crippen LogP contribution in [-0.2, 0) is 9.53 Å². The SMILES string of the molecule is CCOC(=O)C1=C(C)N=c2s/c(=C\c3ccc(OCC)c(Cl)c3)c(=O)n2[C@@H]1c1ccc(Cl)cc1. The highest BCUT2D eigenvalue weighted by atomic mass is 35.5. The van der Waals surface area contributed by atoms with Crippen LogP contribution in [0.3, 0.4) is 0 Å². The van der Waals surface area contributed by atoms with Crippen molar-refractivity contribution in [1.29, 1.82) is 0 Å². The number of aromatic nitrogens is 1. The maximum Gasteiger partial charge on any atom is 0.338 e. The smallest absolute Gasteiger partial charge is 0.338 e. The first-order valence-corrected chi connectivity index (χ1v) is 12.3. The number of esters is 1. The lowest BCUT2D eigenvalue weighted by Gasteiger charge is -2.24. The number of nitrogens with zero attached hydrogens (tertiary/aromatic N) is 2. The zero-order valence-corrected chi connectivity index (χ0v) is 21.1. The van der Waals surface area contributed by atoms with Gasteiger partial charge in [0.05, 0.1) is 40.1 Å². The van der Waals surface area contributed by atoms with E-state index in [0.717, 1.165) is 11.1 Å². The maximum atomic E-state index is 13.6. The summed E-state index contributed by atoms with van der Waals surface area (Å²) in [4.78, 5) is 31.5. The molecule has 0 bridgehead atoms. The average Bonchev–Trinajstić information content (AvgIpc) is 3.10. The Morgan fingerprint density at radius 1 is 1.15 bits per heavy atom. The van der Waals surface area contributed by atoms with E-state index in [-0.39, 0.29) is 12.2 Å². The highest BCUT2D eigenvalue weighted by molar-refractivity contribution is 7.07. The van der Waals surface area contributed by atoms with Crippen LogP contribution >= 0.6 is 34.5 Å². The van der Waals surface area contributed by atoms with Crippen LogP contribution in [0.5, 0.6) is 5.75 Å². The second kappa shape index (κ2) is 10.2. The van der Waals surface area contributed by atoms with Crippen molar-refractivity contribution in [3.8, 4) is 5.75 Å². The maximum absolute atomic E-state index is 13.6. The summed E-state index contributed by atoms with van der Waals surface area (Å²) in [6.07, 6.45) is 1.76. The van der Waals surface area contributed by atoms with Crippen molar-refractivity contribution in [1.82, 2.24) is 4.57 Å². The first-order chi connectivity index (χ1) is 16.3. The van der Waals surface area contributed by atoms with Gasteiger partial charge in [0.1, 0.15) is 5.75 Å². The Balaban J connectivity index is 1.89. The fourth-order valence-corrected chi connectivity index (χ4v) is 5.20. The molecule has 0 fully saturated rings. The number of rotatable bonds is 6. The normalized spacial score (nSPS) is 15.7. The van der Waals surface area contributed by atoms with Crippen LogP contribution in [-0.4, -0.2) is 23.8 Å². The van der Waals surface area contributed by atoms with Gasteiger partial charge in [0.15, 0.2) is 4.80 Å². The Kier molecular flexibility index (Phi) is 7.26.